The van der Waals surface area contributed by atoms with E-state index >= 15 is 0 Å². The Morgan fingerprint density at radius 3 is 2.29 bits per heavy atom. The van der Waals surface area contributed by atoms with E-state index in [1.165, 1.54) is 23.6 Å². The number of carbonyl (C=O) groups excluding carboxylic acids is 1. The van der Waals surface area contributed by atoms with Gasteiger partial charge in [0.15, 0.2) is 5.13 Å². The first kappa shape index (κ1) is 23.7. The number of anilines is 2. The molecule has 4 rings (SSSR count). The van der Waals surface area contributed by atoms with Gasteiger partial charge in [-0.15, -0.1) is 4.48 Å². The summed E-state index contributed by atoms with van der Waals surface area (Å²) in [6.45, 7) is 3.10. The van der Waals surface area contributed by atoms with E-state index in [9.17, 15) is 17.7 Å². The van der Waals surface area contributed by atoms with Crippen molar-refractivity contribution in [3.63, 3.8) is 0 Å². The molecule has 0 radical (unpaired) electrons. The predicted octanol–water partition coefficient (Wildman–Crippen LogP) is 5.81. The van der Waals surface area contributed by atoms with E-state index in [4.69, 9.17) is 0 Å². The Balaban J connectivity index is 1.42. The van der Waals surface area contributed by atoms with E-state index in [0.717, 1.165) is 5.56 Å². The summed E-state index contributed by atoms with van der Waals surface area (Å²) in [5.74, 6) is -0.0862. The average molecular weight is 496 g/mol. The Morgan fingerprint density at radius 2 is 1.62 bits per heavy atom. The molecule has 0 aliphatic heterocycles. The SMILES string of the molecule is Cc1ccccc1C(=O)c1cnc(Nc2ccc(CN(F)S(=O)(=O)c3ccccc3C)cc2)s1. The molecule has 0 amide bonds. The van der Waals surface area contributed by atoms with Gasteiger partial charge in [-0.05, 0) is 53.3 Å². The number of hydrogen-bond donors (Lipinski definition) is 1. The fourth-order valence-corrected chi connectivity index (χ4v) is 5.44. The third kappa shape index (κ3) is 5.06. The van der Waals surface area contributed by atoms with Crippen molar-refractivity contribution in [2.45, 2.75) is 25.3 Å². The zero-order valence-electron chi connectivity index (χ0n) is 18.5. The van der Waals surface area contributed by atoms with Crippen molar-refractivity contribution in [1.29, 1.82) is 0 Å². The molecule has 0 fully saturated rings. The summed E-state index contributed by atoms with van der Waals surface area (Å²) < 4.78 is 39.6. The van der Waals surface area contributed by atoms with Gasteiger partial charge in [0, 0.05) is 11.3 Å². The third-order valence-electron chi connectivity index (χ3n) is 5.26. The molecule has 0 unspecified atom stereocenters. The van der Waals surface area contributed by atoms with E-state index in [2.05, 4.69) is 10.3 Å². The smallest absolute Gasteiger partial charge is 0.269 e. The molecule has 6 nitrogen and oxygen atoms in total. The Kier molecular flexibility index (Phi) is 6.87. The number of hydrogen-bond acceptors (Lipinski definition) is 6. The van der Waals surface area contributed by atoms with Gasteiger partial charge in [-0.2, -0.15) is 0 Å². The van der Waals surface area contributed by atoms with Crippen LogP contribution in [-0.2, 0) is 16.6 Å². The van der Waals surface area contributed by atoms with Gasteiger partial charge in [0.2, 0.25) is 5.78 Å². The van der Waals surface area contributed by atoms with E-state index < -0.39 is 16.6 Å². The van der Waals surface area contributed by atoms with Crippen LogP contribution in [0.3, 0.4) is 0 Å². The second-order valence-electron chi connectivity index (χ2n) is 7.71. The molecule has 1 heterocycles. The van der Waals surface area contributed by atoms with Gasteiger partial charge in [0.05, 0.1) is 22.5 Å². The maximum absolute atomic E-state index is 14.6. The fraction of sp³-hybridized carbons (Fsp3) is 0.120. The minimum atomic E-state index is -4.25. The van der Waals surface area contributed by atoms with Crippen LogP contribution in [0.5, 0.6) is 0 Å². The van der Waals surface area contributed by atoms with Gasteiger partial charge < -0.3 is 5.32 Å². The standard InChI is InChI=1S/C25H22FN3O3S2/c1-17-7-3-5-9-21(17)24(30)22-15-27-25(33-22)28-20-13-11-19(12-14-20)16-29(26)34(31,32)23-10-6-4-8-18(23)2/h3-15H,16H2,1-2H3,(H,27,28). The van der Waals surface area contributed by atoms with Crippen LogP contribution in [0.25, 0.3) is 0 Å². The molecule has 34 heavy (non-hydrogen) atoms. The second kappa shape index (κ2) is 9.84. The van der Waals surface area contributed by atoms with E-state index in [0.29, 0.717) is 32.4 Å². The van der Waals surface area contributed by atoms with Crippen molar-refractivity contribution in [2.24, 2.45) is 0 Å². The van der Waals surface area contributed by atoms with Crippen molar-refractivity contribution < 1.29 is 17.7 Å². The van der Waals surface area contributed by atoms with Crippen molar-refractivity contribution in [1.82, 2.24) is 9.51 Å². The predicted molar refractivity (Wildman–Crippen MR) is 131 cm³/mol. The number of halogens is 1. The summed E-state index contributed by atoms with van der Waals surface area (Å²) in [5.41, 5.74) is 3.18. The van der Waals surface area contributed by atoms with Gasteiger partial charge in [-0.25, -0.2) is 13.4 Å². The first-order chi connectivity index (χ1) is 16.3. The second-order valence-corrected chi connectivity index (χ2v) is 10.5. The van der Waals surface area contributed by atoms with Crippen LogP contribution in [0.15, 0.2) is 83.9 Å². The monoisotopic (exact) mass is 495 g/mol. The van der Waals surface area contributed by atoms with Crippen molar-refractivity contribution in [3.05, 3.63) is 106 Å². The molecule has 0 atom stereocenters. The first-order valence-corrected chi connectivity index (χ1v) is 12.7. The summed E-state index contributed by atoms with van der Waals surface area (Å²) in [5, 5.41) is 3.66. The van der Waals surface area contributed by atoms with E-state index in [1.54, 1.807) is 55.5 Å². The highest BCUT2D eigenvalue weighted by Gasteiger charge is 2.26. The normalized spacial score (nSPS) is 11.5. The Labute approximate surface area is 201 Å². The largest absolute Gasteiger partial charge is 0.332 e. The highest BCUT2D eigenvalue weighted by Crippen LogP contribution is 2.26. The van der Waals surface area contributed by atoms with Crippen LogP contribution >= 0.6 is 11.3 Å². The van der Waals surface area contributed by atoms with Crippen molar-refractivity contribution in [3.8, 4) is 0 Å². The molecule has 4 aromatic rings. The molecule has 0 saturated heterocycles. The van der Waals surface area contributed by atoms with Gasteiger partial charge in [0.1, 0.15) is 0 Å². The van der Waals surface area contributed by atoms with Crippen LogP contribution < -0.4 is 5.32 Å². The van der Waals surface area contributed by atoms with Crippen molar-refractivity contribution in [2.75, 3.05) is 5.32 Å². The summed E-state index contributed by atoms with van der Waals surface area (Å²) >= 11 is 1.24. The highest BCUT2D eigenvalue weighted by atomic mass is 32.2. The lowest BCUT2D eigenvalue weighted by molar-refractivity contribution is 0.104. The number of aryl methyl sites for hydroxylation is 2. The third-order valence-corrected chi connectivity index (χ3v) is 7.84. The zero-order valence-corrected chi connectivity index (χ0v) is 20.2. The molecule has 1 aromatic heterocycles. The molecule has 0 aliphatic carbocycles. The minimum Gasteiger partial charge on any atom is -0.332 e. The number of benzene rings is 3. The number of carbonyl (C=O) groups is 1. The molecule has 0 saturated carbocycles. The highest BCUT2D eigenvalue weighted by molar-refractivity contribution is 7.89. The number of sulfonamides is 1. The maximum Gasteiger partial charge on any atom is 0.269 e. The van der Waals surface area contributed by atoms with Crippen LogP contribution in [0.2, 0.25) is 0 Å². The summed E-state index contributed by atoms with van der Waals surface area (Å²) in [7, 11) is -4.25. The summed E-state index contributed by atoms with van der Waals surface area (Å²) in [4.78, 5) is 17.5. The summed E-state index contributed by atoms with van der Waals surface area (Å²) in [6, 6.07) is 20.3. The lowest BCUT2D eigenvalue weighted by Crippen LogP contribution is -2.23. The molecule has 3 aromatic carbocycles. The molecule has 0 bridgehead atoms. The summed E-state index contributed by atoms with van der Waals surface area (Å²) in [6.07, 6.45) is 1.54. The van der Waals surface area contributed by atoms with Crippen LogP contribution in [0.1, 0.15) is 31.9 Å². The Bertz CT molecular complexity index is 1430. The maximum atomic E-state index is 14.6. The first-order valence-electron chi connectivity index (χ1n) is 10.4. The number of thiazole rings is 1. The Morgan fingerprint density at radius 1 is 0.971 bits per heavy atom. The van der Waals surface area contributed by atoms with Crippen molar-refractivity contribution >= 4 is 38.0 Å². The van der Waals surface area contributed by atoms with Gasteiger partial charge in [0.25, 0.3) is 10.0 Å². The average Bonchev–Trinajstić information content (AvgIpc) is 3.29. The molecule has 9 heteroatoms. The number of aromatic nitrogens is 1. The molecular weight excluding hydrogens is 473 g/mol. The topological polar surface area (TPSA) is 79.4 Å². The molecule has 174 valence electrons. The van der Waals surface area contributed by atoms with Crippen LogP contribution in [-0.4, -0.2) is 23.7 Å². The lowest BCUT2D eigenvalue weighted by Gasteiger charge is -2.14. The molecule has 1 N–H and O–H groups in total. The molecule has 0 aliphatic rings. The van der Waals surface area contributed by atoms with Gasteiger partial charge in [-0.1, -0.05) is 65.9 Å². The van der Waals surface area contributed by atoms with Gasteiger partial charge >= 0.3 is 0 Å². The van der Waals surface area contributed by atoms with E-state index in [1.807, 2.05) is 25.1 Å². The quantitative estimate of drug-likeness (QED) is 0.247. The lowest BCUT2D eigenvalue weighted by atomic mass is 10.0. The minimum absolute atomic E-state index is 0.0596. The number of nitrogens with one attached hydrogen (secondary N) is 1. The van der Waals surface area contributed by atoms with Crippen LogP contribution in [0, 0.1) is 13.8 Å². The van der Waals surface area contributed by atoms with E-state index in [-0.39, 0.29) is 15.2 Å². The molecular formula is C25H22FN3O3S2. The number of rotatable bonds is 8. The zero-order chi connectivity index (χ0) is 24.3. The van der Waals surface area contributed by atoms with Crippen LogP contribution in [0.4, 0.5) is 15.3 Å². The number of nitrogens with zero attached hydrogens (tertiary/aromatic N) is 2. The fourth-order valence-electron chi connectivity index (χ4n) is 3.40. The number of ketones is 1. The Hall–Kier alpha value is -3.40. The molecule has 0 spiro atoms. The van der Waals surface area contributed by atoms with Gasteiger partial charge in [-0.3, -0.25) is 4.79 Å².